The molecule has 2 rings (SSSR count). The zero-order chi connectivity index (χ0) is 21.1. The molecule has 0 aromatic heterocycles. The molecule has 5 unspecified atom stereocenters. The van der Waals surface area contributed by atoms with Crippen molar-refractivity contribution in [2.75, 3.05) is 6.61 Å². The lowest BCUT2D eigenvalue weighted by atomic mass is 9.89. The van der Waals surface area contributed by atoms with Crippen molar-refractivity contribution in [1.82, 2.24) is 0 Å². The Balaban J connectivity index is 1.97. The van der Waals surface area contributed by atoms with E-state index in [-0.39, 0.29) is 30.1 Å². The second-order valence-electron chi connectivity index (χ2n) is 7.40. The minimum atomic E-state index is -0.371. The van der Waals surface area contributed by atoms with Gasteiger partial charge >= 0.3 is 0 Å². The van der Waals surface area contributed by atoms with Gasteiger partial charge in [0.2, 0.25) is 0 Å². The first-order valence-electron chi connectivity index (χ1n) is 10.2. The van der Waals surface area contributed by atoms with Crippen LogP contribution in [-0.4, -0.2) is 30.0 Å². The first kappa shape index (κ1) is 24.8. The molecular weight excluding hydrogens is 426 g/mol. The fraction of sp³-hybridized carbons (Fsp3) is 0.545. The first-order chi connectivity index (χ1) is 14.1. The van der Waals surface area contributed by atoms with Crippen molar-refractivity contribution >= 4 is 30.5 Å². The largest absolute Gasteiger partial charge is 0.490 e. The highest BCUT2D eigenvalue weighted by atomic mass is 35.5. The zero-order valence-corrected chi connectivity index (χ0v) is 20.0. The van der Waals surface area contributed by atoms with Gasteiger partial charge in [0.15, 0.2) is 0 Å². The molecule has 0 radical (unpaired) electrons. The second kappa shape index (κ2) is 13.8. The Morgan fingerprint density at radius 2 is 2.14 bits per heavy atom. The van der Waals surface area contributed by atoms with Gasteiger partial charge in [-0.1, -0.05) is 61.7 Å². The van der Waals surface area contributed by atoms with Crippen LogP contribution in [0, 0.1) is 11.8 Å². The summed E-state index contributed by atoms with van der Waals surface area (Å²) in [7, 11) is 4.64. The topological polar surface area (TPSA) is 47.9 Å². The van der Waals surface area contributed by atoms with E-state index in [4.69, 9.17) is 25.4 Å². The fourth-order valence-electron chi connectivity index (χ4n) is 3.65. The number of allylic oxidation sites excluding steroid dienone is 2. The summed E-state index contributed by atoms with van der Waals surface area (Å²) in [6, 6.07) is 7.30. The maximum absolute atomic E-state index is 10.5. The van der Waals surface area contributed by atoms with E-state index in [1.165, 1.54) is 12.8 Å². The van der Waals surface area contributed by atoms with E-state index in [1.54, 1.807) is 6.07 Å². The maximum atomic E-state index is 10.5. The number of halogens is 1. The van der Waals surface area contributed by atoms with Crippen molar-refractivity contribution in [3.8, 4) is 5.75 Å². The van der Waals surface area contributed by atoms with E-state index in [2.05, 4.69) is 44.1 Å². The van der Waals surface area contributed by atoms with E-state index in [0.29, 0.717) is 23.8 Å². The zero-order valence-electron chi connectivity index (χ0n) is 17.0. The van der Waals surface area contributed by atoms with Crippen molar-refractivity contribution in [3.05, 3.63) is 53.6 Å². The third-order valence-electron chi connectivity index (χ3n) is 5.30. The number of unbranched alkanes of at least 4 members (excludes halogenated alkanes) is 2. The van der Waals surface area contributed by atoms with E-state index in [0.717, 1.165) is 12.8 Å². The molecule has 1 N–H and O–H groups in total. The van der Waals surface area contributed by atoms with Crippen molar-refractivity contribution in [3.63, 3.8) is 0 Å². The third kappa shape index (κ3) is 8.29. The number of aliphatic hydroxyl groups excluding tert-OH is 1. The highest BCUT2D eigenvalue weighted by Crippen LogP contribution is 2.39. The molecular formula is C22H33ClO4P2. The van der Waals surface area contributed by atoms with Gasteiger partial charge in [0.1, 0.15) is 18.5 Å². The highest BCUT2D eigenvalue weighted by molar-refractivity contribution is 7.10. The SMILES string of the molecule is CCCC/C=C\C[C@H]1C(O)CC(OP)[C@@H]1/C=C/C(COc1cccc(Cl)c1)OP. The summed E-state index contributed by atoms with van der Waals surface area (Å²) in [5, 5.41) is 11.2. The summed E-state index contributed by atoms with van der Waals surface area (Å²) in [5.41, 5.74) is 0. The number of hydrogen-bond donors (Lipinski definition) is 1. The molecule has 0 saturated heterocycles. The summed E-state index contributed by atoms with van der Waals surface area (Å²) in [4.78, 5) is 0. The van der Waals surface area contributed by atoms with Crippen molar-refractivity contribution in [2.24, 2.45) is 11.8 Å². The van der Waals surface area contributed by atoms with Crippen molar-refractivity contribution in [1.29, 1.82) is 0 Å². The van der Waals surface area contributed by atoms with Crippen LogP contribution in [0.3, 0.4) is 0 Å². The predicted molar refractivity (Wildman–Crippen MR) is 126 cm³/mol. The predicted octanol–water partition coefficient (Wildman–Crippen LogP) is 5.76. The van der Waals surface area contributed by atoms with E-state index >= 15 is 0 Å². The number of ether oxygens (including phenoxy) is 1. The van der Waals surface area contributed by atoms with Gasteiger partial charge in [0.25, 0.3) is 0 Å². The van der Waals surface area contributed by atoms with Crippen LogP contribution in [0.2, 0.25) is 5.02 Å². The van der Waals surface area contributed by atoms with E-state index in [9.17, 15) is 5.11 Å². The van der Waals surface area contributed by atoms with Crippen LogP contribution < -0.4 is 4.74 Å². The molecule has 1 aliphatic carbocycles. The molecule has 7 atom stereocenters. The van der Waals surface area contributed by atoms with Crippen LogP contribution in [0.15, 0.2) is 48.6 Å². The number of rotatable bonds is 12. The molecule has 0 spiro atoms. The second-order valence-corrected chi connectivity index (χ2v) is 8.38. The van der Waals surface area contributed by atoms with Crippen LogP contribution in [0.5, 0.6) is 5.75 Å². The average Bonchev–Trinajstić information content (AvgIpc) is 3.02. The molecule has 29 heavy (non-hydrogen) atoms. The van der Waals surface area contributed by atoms with Gasteiger partial charge in [-0.2, -0.15) is 0 Å². The molecule has 0 aliphatic heterocycles. The van der Waals surface area contributed by atoms with Gasteiger partial charge in [0.05, 0.1) is 12.2 Å². The number of hydrogen-bond acceptors (Lipinski definition) is 4. The lowest BCUT2D eigenvalue weighted by Crippen LogP contribution is -2.22. The lowest BCUT2D eigenvalue weighted by Gasteiger charge is -2.21. The maximum Gasteiger partial charge on any atom is 0.120 e. The molecule has 0 heterocycles. The lowest BCUT2D eigenvalue weighted by molar-refractivity contribution is 0.124. The van der Waals surface area contributed by atoms with Gasteiger partial charge in [-0.3, -0.25) is 0 Å². The Morgan fingerprint density at radius 1 is 1.31 bits per heavy atom. The molecule has 0 bridgehead atoms. The monoisotopic (exact) mass is 458 g/mol. The quantitative estimate of drug-likeness (QED) is 0.246. The Kier molecular flexibility index (Phi) is 11.8. The minimum absolute atomic E-state index is 0.0284. The van der Waals surface area contributed by atoms with Crippen LogP contribution in [0.1, 0.15) is 39.0 Å². The van der Waals surface area contributed by atoms with Crippen LogP contribution in [0.4, 0.5) is 0 Å². The molecule has 4 nitrogen and oxygen atoms in total. The van der Waals surface area contributed by atoms with E-state index < -0.39 is 0 Å². The summed E-state index contributed by atoms with van der Waals surface area (Å²) < 4.78 is 16.8. The third-order valence-corrected chi connectivity index (χ3v) is 6.23. The first-order valence-corrected chi connectivity index (χ1v) is 11.5. The summed E-state index contributed by atoms with van der Waals surface area (Å²) >= 11 is 6.00. The van der Waals surface area contributed by atoms with Crippen molar-refractivity contribution in [2.45, 2.75) is 57.3 Å². The Labute approximate surface area is 184 Å². The van der Waals surface area contributed by atoms with E-state index in [1.807, 2.05) is 24.3 Å². The van der Waals surface area contributed by atoms with Gasteiger partial charge < -0.3 is 18.9 Å². The number of benzene rings is 1. The summed E-state index contributed by atoms with van der Waals surface area (Å²) in [5.74, 6) is 0.955. The molecule has 0 amide bonds. The Hall–Kier alpha value is -0.470. The van der Waals surface area contributed by atoms with Crippen LogP contribution in [0.25, 0.3) is 0 Å². The molecule has 1 aromatic carbocycles. The smallest absolute Gasteiger partial charge is 0.120 e. The molecule has 1 aromatic rings. The molecule has 1 fully saturated rings. The minimum Gasteiger partial charge on any atom is -0.490 e. The fourth-order valence-corrected chi connectivity index (χ4v) is 4.29. The standard InChI is InChI=1S/C22H33ClO4P2/c1-2-3-4-5-6-10-19-20(22(27-29)14-21(19)24)12-11-18(26-28)15-25-17-9-7-8-16(23)13-17/h5-9,11-13,18-22,24H,2-4,10,14-15,28-29H2,1H3/b6-5-,12-11+/t18?,19-,20-,21?,22?/m1/s1. The summed E-state index contributed by atoms with van der Waals surface area (Å²) in [6.07, 6.45) is 12.8. The molecule has 7 heteroatoms. The Bertz CT molecular complexity index is 655. The average molecular weight is 459 g/mol. The molecule has 162 valence electrons. The normalized spacial score (nSPS) is 25.8. The highest BCUT2D eigenvalue weighted by Gasteiger charge is 2.40. The van der Waals surface area contributed by atoms with Gasteiger partial charge in [-0.15, -0.1) is 0 Å². The van der Waals surface area contributed by atoms with Crippen molar-refractivity contribution < 1.29 is 18.9 Å². The van der Waals surface area contributed by atoms with Gasteiger partial charge in [-0.25, -0.2) is 0 Å². The van der Waals surface area contributed by atoms with Gasteiger partial charge in [-0.05, 0) is 37.0 Å². The molecule has 1 aliphatic rings. The number of aliphatic hydroxyl groups is 1. The summed E-state index contributed by atoms with van der Waals surface area (Å²) in [6.45, 7) is 2.56. The van der Waals surface area contributed by atoms with Crippen LogP contribution >= 0.6 is 30.5 Å². The van der Waals surface area contributed by atoms with Gasteiger partial charge in [0, 0.05) is 36.3 Å². The van der Waals surface area contributed by atoms with Crippen LogP contribution in [-0.2, 0) is 9.05 Å². The Morgan fingerprint density at radius 3 is 2.83 bits per heavy atom. The molecule has 1 saturated carbocycles.